The second-order valence-electron chi connectivity index (χ2n) is 3.87. The molecule has 1 aromatic rings. The van der Waals surface area contributed by atoms with Crippen LogP contribution >= 0.6 is 11.3 Å². The molecule has 5 heteroatoms. The third-order valence-electron chi connectivity index (χ3n) is 1.94. The maximum absolute atomic E-state index is 11.6. The number of thiazole rings is 1. The molecule has 0 saturated carbocycles. The fourth-order valence-electron chi connectivity index (χ4n) is 1.07. The quantitative estimate of drug-likeness (QED) is 0.780. The molecule has 0 amide bonds. The molecule has 0 unspecified atom stereocenters. The van der Waals surface area contributed by atoms with Gasteiger partial charge in [0.15, 0.2) is 0 Å². The third-order valence-corrected chi connectivity index (χ3v) is 2.72. The highest BCUT2D eigenvalue weighted by atomic mass is 32.1. The van der Waals surface area contributed by atoms with E-state index >= 15 is 0 Å². The van der Waals surface area contributed by atoms with Crippen LogP contribution in [0.3, 0.4) is 0 Å². The van der Waals surface area contributed by atoms with Crippen LogP contribution in [0.15, 0.2) is 11.6 Å². The topological polar surface area (TPSA) is 51.2 Å². The van der Waals surface area contributed by atoms with E-state index in [0.717, 1.165) is 5.01 Å². The van der Waals surface area contributed by atoms with E-state index in [4.69, 9.17) is 4.84 Å². The molecule has 0 aromatic carbocycles. The summed E-state index contributed by atoms with van der Waals surface area (Å²) in [5, 5.41) is 2.86. The third kappa shape index (κ3) is 3.60. The molecule has 1 rings (SSSR count). The lowest BCUT2D eigenvalue weighted by molar-refractivity contribution is -0.161. The molecule has 0 spiro atoms. The molecule has 0 saturated heterocycles. The smallest absolute Gasteiger partial charge is 0.330 e. The van der Waals surface area contributed by atoms with Crippen LogP contribution in [0.25, 0.3) is 0 Å². The first-order valence-corrected chi connectivity index (χ1v) is 5.76. The molecule has 0 fully saturated rings. The summed E-state index contributed by atoms with van der Waals surface area (Å²) in [6.07, 6.45) is 2.35. The zero-order valence-corrected chi connectivity index (χ0v) is 10.1. The van der Waals surface area contributed by atoms with Crippen molar-refractivity contribution >= 4 is 17.3 Å². The van der Waals surface area contributed by atoms with Gasteiger partial charge in [0.25, 0.3) is 0 Å². The van der Waals surface area contributed by atoms with Gasteiger partial charge in [-0.2, -0.15) is 5.48 Å². The van der Waals surface area contributed by atoms with Crippen molar-refractivity contribution < 1.29 is 9.63 Å². The lowest BCUT2D eigenvalue weighted by atomic mass is 9.90. The van der Waals surface area contributed by atoms with Gasteiger partial charge < -0.3 is 4.84 Å². The maximum Gasteiger partial charge on any atom is 0.330 e. The molecular formula is C10H16N2O2S. The average molecular weight is 228 g/mol. The highest BCUT2D eigenvalue weighted by Gasteiger charge is 2.30. The zero-order chi connectivity index (χ0) is 11.3. The highest BCUT2D eigenvalue weighted by molar-refractivity contribution is 7.09. The number of rotatable bonds is 5. The van der Waals surface area contributed by atoms with Gasteiger partial charge in [-0.15, -0.1) is 11.3 Å². The molecule has 84 valence electrons. The second-order valence-corrected chi connectivity index (χ2v) is 4.85. The van der Waals surface area contributed by atoms with Gasteiger partial charge in [0.05, 0.1) is 10.4 Å². The minimum atomic E-state index is -0.542. The number of nitrogens with zero attached hydrogens (tertiary/aromatic N) is 1. The summed E-state index contributed by atoms with van der Waals surface area (Å²) in [6, 6.07) is 0. The Labute approximate surface area is 93.6 Å². The Morgan fingerprint density at radius 2 is 2.40 bits per heavy atom. The summed E-state index contributed by atoms with van der Waals surface area (Å²) >= 11 is 1.55. The number of aromatic nitrogens is 1. The van der Waals surface area contributed by atoms with Crippen LogP contribution in [-0.2, 0) is 16.1 Å². The number of hydrogen-bond donors (Lipinski definition) is 1. The van der Waals surface area contributed by atoms with Crippen molar-refractivity contribution in [3.8, 4) is 0 Å². The van der Waals surface area contributed by atoms with Crippen LogP contribution in [0.2, 0.25) is 0 Å². The summed E-state index contributed by atoms with van der Waals surface area (Å²) in [4.78, 5) is 20.7. The van der Waals surface area contributed by atoms with Crippen LogP contribution < -0.4 is 5.48 Å². The van der Waals surface area contributed by atoms with Gasteiger partial charge >= 0.3 is 5.97 Å². The van der Waals surface area contributed by atoms with Crippen molar-refractivity contribution in [1.29, 1.82) is 0 Å². The molecule has 1 N–H and O–H groups in total. The summed E-state index contributed by atoms with van der Waals surface area (Å²) in [6.45, 7) is 6.20. The van der Waals surface area contributed by atoms with Crippen LogP contribution in [0.5, 0.6) is 0 Å². The Morgan fingerprint density at radius 1 is 1.67 bits per heavy atom. The summed E-state index contributed by atoms with van der Waals surface area (Å²) in [5.41, 5.74) is 2.03. The summed E-state index contributed by atoms with van der Waals surface area (Å²) < 4.78 is 0. The van der Waals surface area contributed by atoms with Gasteiger partial charge in [-0.1, -0.05) is 0 Å². The normalized spacial score (nSPS) is 11.4. The summed E-state index contributed by atoms with van der Waals surface area (Å²) in [7, 11) is 0. The fourth-order valence-corrected chi connectivity index (χ4v) is 1.91. The number of carbonyl (C=O) groups excluding carboxylic acids is 1. The lowest BCUT2D eigenvalue weighted by Crippen LogP contribution is -2.33. The standard InChI is InChI=1S/C10H16N2O2S/c1-4-12-14-9(13)10(2,3)7-8-11-5-6-15-8/h5-6,12H,4,7H2,1-3H3. The second kappa shape index (κ2) is 5.23. The van der Waals surface area contributed by atoms with Gasteiger partial charge in [-0.3, -0.25) is 0 Å². The Bertz CT molecular complexity index is 309. The molecule has 0 atom stereocenters. The molecule has 15 heavy (non-hydrogen) atoms. The number of carbonyl (C=O) groups is 1. The van der Waals surface area contributed by atoms with Crippen molar-refractivity contribution in [2.75, 3.05) is 6.54 Å². The van der Waals surface area contributed by atoms with E-state index in [0.29, 0.717) is 13.0 Å². The van der Waals surface area contributed by atoms with E-state index in [9.17, 15) is 4.79 Å². The molecular weight excluding hydrogens is 212 g/mol. The highest BCUT2D eigenvalue weighted by Crippen LogP contribution is 2.24. The van der Waals surface area contributed by atoms with E-state index < -0.39 is 5.41 Å². The fraction of sp³-hybridized carbons (Fsp3) is 0.600. The SMILES string of the molecule is CCNOC(=O)C(C)(C)Cc1nccs1. The first-order valence-electron chi connectivity index (χ1n) is 4.89. The van der Waals surface area contributed by atoms with Crippen molar-refractivity contribution in [2.45, 2.75) is 27.2 Å². The molecule has 0 bridgehead atoms. The van der Waals surface area contributed by atoms with E-state index in [1.165, 1.54) is 0 Å². The average Bonchev–Trinajstić information content (AvgIpc) is 2.65. The van der Waals surface area contributed by atoms with E-state index in [1.54, 1.807) is 17.5 Å². The van der Waals surface area contributed by atoms with Gasteiger partial charge in [-0.25, -0.2) is 9.78 Å². The van der Waals surface area contributed by atoms with E-state index in [1.807, 2.05) is 26.2 Å². The van der Waals surface area contributed by atoms with Crippen molar-refractivity contribution in [3.05, 3.63) is 16.6 Å². The van der Waals surface area contributed by atoms with Gasteiger partial charge in [-0.05, 0) is 20.8 Å². The molecule has 1 heterocycles. The predicted octanol–water partition coefficient (Wildman–Crippen LogP) is 1.78. The molecule has 0 aliphatic carbocycles. The van der Waals surface area contributed by atoms with Crippen molar-refractivity contribution in [2.24, 2.45) is 5.41 Å². The first-order chi connectivity index (χ1) is 7.06. The number of hydroxylamine groups is 1. The van der Waals surface area contributed by atoms with Crippen LogP contribution in [0.4, 0.5) is 0 Å². The Balaban J connectivity index is 2.54. The summed E-state index contributed by atoms with van der Waals surface area (Å²) in [5.74, 6) is -0.250. The van der Waals surface area contributed by atoms with Crippen molar-refractivity contribution in [1.82, 2.24) is 10.5 Å². The van der Waals surface area contributed by atoms with Crippen LogP contribution in [0.1, 0.15) is 25.8 Å². The molecule has 0 radical (unpaired) electrons. The van der Waals surface area contributed by atoms with Crippen LogP contribution in [-0.4, -0.2) is 17.5 Å². The van der Waals surface area contributed by atoms with Gasteiger partial charge in [0.2, 0.25) is 0 Å². The molecule has 0 aliphatic heterocycles. The Hall–Kier alpha value is -0.940. The predicted molar refractivity (Wildman–Crippen MR) is 59.4 cm³/mol. The number of hydrogen-bond acceptors (Lipinski definition) is 5. The van der Waals surface area contributed by atoms with Gasteiger partial charge in [0, 0.05) is 24.5 Å². The van der Waals surface area contributed by atoms with Gasteiger partial charge in [0.1, 0.15) is 0 Å². The molecule has 4 nitrogen and oxygen atoms in total. The van der Waals surface area contributed by atoms with E-state index in [2.05, 4.69) is 10.5 Å². The van der Waals surface area contributed by atoms with Crippen LogP contribution in [0, 0.1) is 5.41 Å². The lowest BCUT2D eigenvalue weighted by Gasteiger charge is -2.20. The Kier molecular flexibility index (Phi) is 4.23. The van der Waals surface area contributed by atoms with Crippen molar-refractivity contribution in [3.63, 3.8) is 0 Å². The Morgan fingerprint density at radius 3 is 2.93 bits per heavy atom. The largest absolute Gasteiger partial charge is 0.370 e. The monoisotopic (exact) mass is 228 g/mol. The molecule has 1 aromatic heterocycles. The maximum atomic E-state index is 11.6. The van der Waals surface area contributed by atoms with E-state index in [-0.39, 0.29) is 5.97 Å². The number of nitrogens with one attached hydrogen (secondary N) is 1. The zero-order valence-electron chi connectivity index (χ0n) is 9.24. The minimum Gasteiger partial charge on any atom is -0.370 e. The first kappa shape index (κ1) is 12.1. The minimum absolute atomic E-state index is 0.250. The molecule has 0 aliphatic rings.